The van der Waals surface area contributed by atoms with Crippen LogP contribution in [0.1, 0.15) is 49.4 Å². The second-order valence-electron chi connectivity index (χ2n) is 6.59. The van der Waals surface area contributed by atoms with Gasteiger partial charge in [-0.05, 0) is 37.5 Å². The van der Waals surface area contributed by atoms with Crippen LogP contribution in [0.5, 0.6) is 5.75 Å². The molecule has 2 rings (SSSR count). The number of carboxylic acid groups (broad SMARTS) is 1. The summed E-state index contributed by atoms with van der Waals surface area (Å²) >= 11 is 0. The van der Waals surface area contributed by atoms with Crippen LogP contribution in [-0.2, 0) is 14.8 Å². The van der Waals surface area contributed by atoms with Crippen molar-refractivity contribution in [2.24, 2.45) is 0 Å². The highest BCUT2D eigenvalue weighted by Gasteiger charge is 2.27. The quantitative estimate of drug-likeness (QED) is 0.656. The van der Waals surface area contributed by atoms with E-state index in [-0.39, 0.29) is 28.8 Å². The van der Waals surface area contributed by atoms with Gasteiger partial charge in [-0.15, -0.1) is 0 Å². The minimum absolute atomic E-state index is 0.109. The standard InChI is InChI=1S/C18H26N2O6S/c1-3-10-20(12-17(21)22)18(23)13-8-9-15(26-2)16(11-13)27(24,25)19-14-6-4-5-7-14/h8-9,11,14,19H,3-7,10,12H2,1-2H3,(H,21,22). The molecule has 0 bridgehead atoms. The molecule has 1 aliphatic rings. The molecule has 1 aromatic rings. The largest absolute Gasteiger partial charge is 0.495 e. The first-order chi connectivity index (χ1) is 12.8. The number of methoxy groups -OCH3 is 1. The highest BCUT2D eigenvalue weighted by atomic mass is 32.2. The SMILES string of the molecule is CCCN(CC(=O)O)C(=O)c1ccc(OC)c(S(=O)(=O)NC2CCCC2)c1. The molecule has 1 aromatic carbocycles. The molecule has 0 unspecified atom stereocenters. The molecule has 1 amide bonds. The van der Waals surface area contributed by atoms with Crippen LogP contribution in [0.25, 0.3) is 0 Å². The van der Waals surface area contributed by atoms with E-state index in [1.165, 1.54) is 30.2 Å². The number of rotatable bonds is 9. The zero-order valence-electron chi connectivity index (χ0n) is 15.6. The average molecular weight is 398 g/mol. The van der Waals surface area contributed by atoms with Crippen molar-refractivity contribution in [2.45, 2.75) is 50.0 Å². The number of carbonyl (C=O) groups is 2. The lowest BCUT2D eigenvalue weighted by Crippen LogP contribution is -2.36. The van der Waals surface area contributed by atoms with E-state index in [1.54, 1.807) is 0 Å². The summed E-state index contributed by atoms with van der Waals surface area (Å²) in [6.45, 7) is 1.65. The number of aliphatic carboxylic acids is 1. The molecule has 0 atom stereocenters. The van der Waals surface area contributed by atoms with Crippen molar-refractivity contribution in [3.8, 4) is 5.75 Å². The number of amides is 1. The zero-order chi connectivity index (χ0) is 20.0. The first kappa shape index (κ1) is 21.2. The number of hydrogen-bond acceptors (Lipinski definition) is 5. The lowest BCUT2D eigenvalue weighted by atomic mass is 10.2. The van der Waals surface area contributed by atoms with Crippen molar-refractivity contribution in [1.29, 1.82) is 0 Å². The molecule has 0 heterocycles. The maximum absolute atomic E-state index is 12.8. The van der Waals surface area contributed by atoms with Gasteiger partial charge in [0, 0.05) is 18.2 Å². The van der Waals surface area contributed by atoms with Gasteiger partial charge >= 0.3 is 5.97 Å². The summed E-state index contributed by atoms with van der Waals surface area (Å²) in [5, 5.41) is 9.01. The second-order valence-corrected chi connectivity index (χ2v) is 8.27. The molecule has 1 fully saturated rings. The van der Waals surface area contributed by atoms with Gasteiger partial charge in [0.25, 0.3) is 5.91 Å². The lowest BCUT2D eigenvalue weighted by Gasteiger charge is -2.21. The number of ether oxygens (including phenoxy) is 1. The smallest absolute Gasteiger partial charge is 0.323 e. The number of carbonyl (C=O) groups excluding carboxylic acids is 1. The molecule has 1 aliphatic carbocycles. The van der Waals surface area contributed by atoms with Gasteiger partial charge in [0.1, 0.15) is 17.2 Å². The number of nitrogens with one attached hydrogen (secondary N) is 1. The van der Waals surface area contributed by atoms with Crippen LogP contribution in [0.4, 0.5) is 0 Å². The van der Waals surface area contributed by atoms with Crippen molar-refractivity contribution < 1.29 is 27.9 Å². The topological polar surface area (TPSA) is 113 Å². The first-order valence-corrected chi connectivity index (χ1v) is 10.5. The van der Waals surface area contributed by atoms with Crippen LogP contribution in [0.2, 0.25) is 0 Å². The maximum Gasteiger partial charge on any atom is 0.323 e. The number of hydrogen-bond donors (Lipinski definition) is 2. The Morgan fingerprint density at radius 3 is 2.52 bits per heavy atom. The van der Waals surface area contributed by atoms with Gasteiger partial charge in [-0.2, -0.15) is 0 Å². The summed E-state index contributed by atoms with van der Waals surface area (Å²) in [5.41, 5.74) is 0.109. The van der Waals surface area contributed by atoms with Crippen molar-refractivity contribution in [2.75, 3.05) is 20.2 Å². The number of nitrogens with zero attached hydrogens (tertiary/aromatic N) is 1. The Labute approximate surface area is 159 Å². The third kappa shape index (κ3) is 5.43. The van der Waals surface area contributed by atoms with E-state index in [0.717, 1.165) is 25.7 Å². The predicted molar refractivity (Wildman–Crippen MR) is 99.4 cm³/mol. The average Bonchev–Trinajstić information content (AvgIpc) is 3.12. The van der Waals surface area contributed by atoms with Gasteiger partial charge in [0.2, 0.25) is 10.0 Å². The Kier molecular flexibility index (Phi) is 7.20. The Hall–Kier alpha value is -2.13. The number of benzene rings is 1. The van der Waals surface area contributed by atoms with Gasteiger partial charge in [-0.1, -0.05) is 19.8 Å². The summed E-state index contributed by atoms with van der Waals surface area (Å²) in [6.07, 6.45) is 4.10. The molecular weight excluding hydrogens is 372 g/mol. The van der Waals surface area contributed by atoms with Gasteiger partial charge in [0.15, 0.2) is 0 Å². The molecular formula is C18H26N2O6S. The third-order valence-electron chi connectivity index (χ3n) is 4.48. The van der Waals surface area contributed by atoms with Gasteiger partial charge in [0.05, 0.1) is 7.11 Å². The minimum Gasteiger partial charge on any atom is -0.495 e. The first-order valence-electron chi connectivity index (χ1n) is 9.00. The monoisotopic (exact) mass is 398 g/mol. The van der Waals surface area contributed by atoms with Gasteiger partial charge in [-0.25, -0.2) is 13.1 Å². The van der Waals surface area contributed by atoms with E-state index in [9.17, 15) is 18.0 Å². The second kappa shape index (κ2) is 9.18. The maximum atomic E-state index is 12.8. The molecule has 0 aliphatic heterocycles. The fourth-order valence-corrected chi connectivity index (χ4v) is 4.71. The van der Waals surface area contributed by atoms with Crippen LogP contribution in [0, 0.1) is 0 Å². The minimum atomic E-state index is -3.87. The summed E-state index contributed by atoms with van der Waals surface area (Å²) in [6, 6.07) is 3.99. The highest BCUT2D eigenvalue weighted by Crippen LogP contribution is 2.27. The molecule has 1 saturated carbocycles. The normalized spacial score (nSPS) is 14.9. The molecule has 2 N–H and O–H groups in total. The van der Waals surface area contributed by atoms with Crippen molar-refractivity contribution in [3.05, 3.63) is 23.8 Å². The van der Waals surface area contributed by atoms with Crippen LogP contribution in [0.15, 0.2) is 23.1 Å². The van der Waals surface area contributed by atoms with E-state index >= 15 is 0 Å². The van der Waals surface area contributed by atoms with Crippen LogP contribution in [0.3, 0.4) is 0 Å². The Morgan fingerprint density at radius 1 is 1.30 bits per heavy atom. The summed E-state index contributed by atoms with van der Waals surface area (Å²) in [4.78, 5) is 24.8. The Balaban J connectivity index is 2.35. The van der Waals surface area contributed by atoms with E-state index in [2.05, 4.69) is 4.72 Å². The molecule has 27 heavy (non-hydrogen) atoms. The van der Waals surface area contributed by atoms with E-state index in [0.29, 0.717) is 6.42 Å². The van der Waals surface area contributed by atoms with E-state index in [1.807, 2.05) is 6.92 Å². The third-order valence-corrected chi connectivity index (χ3v) is 6.03. The molecule has 0 saturated heterocycles. The van der Waals surface area contributed by atoms with Gasteiger partial charge < -0.3 is 14.7 Å². The van der Waals surface area contributed by atoms with E-state index < -0.39 is 28.4 Å². The zero-order valence-corrected chi connectivity index (χ0v) is 16.4. The Bertz CT molecular complexity index is 787. The van der Waals surface area contributed by atoms with Crippen LogP contribution in [-0.4, -0.2) is 56.5 Å². The van der Waals surface area contributed by atoms with Crippen LogP contribution >= 0.6 is 0 Å². The highest BCUT2D eigenvalue weighted by molar-refractivity contribution is 7.89. The summed E-state index contributed by atoms with van der Waals surface area (Å²) in [5.74, 6) is -1.52. The summed E-state index contributed by atoms with van der Waals surface area (Å²) in [7, 11) is -2.51. The fraction of sp³-hybridized carbons (Fsp3) is 0.556. The molecule has 0 aromatic heterocycles. The van der Waals surface area contributed by atoms with Gasteiger partial charge in [-0.3, -0.25) is 9.59 Å². The van der Waals surface area contributed by atoms with E-state index in [4.69, 9.17) is 9.84 Å². The fourth-order valence-electron chi connectivity index (χ4n) is 3.21. The molecule has 0 spiro atoms. The van der Waals surface area contributed by atoms with Crippen molar-refractivity contribution >= 4 is 21.9 Å². The molecule has 9 heteroatoms. The molecule has 150 valence electrons. The van der Waals surface area contributed by atoms with Crippen LogP contribution < -0.4 is 9.46 Å². The van der Waals surface area contributed by atoms with Crippen molar-refractivity contribution in [1.82, 2.24) is 9.62 Å². The number of sulfonamides is 1. The van der Waals surface area contributed by atoms with Crippen molar-refractivity contribution in [3.63, 3.8) is 0 Å². The molecule has 8 nitrogen and oxygen atoms in total. The summed E-state index contributed by atoms with van der Waals surface area (Å²) < 4.78 is 33.4. The Morgan fingerprint density at radius 2 is 1.96 bits per heavy atom. The predicted octanol–water partition coefficient (Wildman–Crippen LogP) is 1.85. The molecule has 0 radical (unpaired) electrons. The lowest BCUT2D eigenvalue weighted by molar-refractivity contribution is -0.137. The number of carboxylic acids is 1.